The van der Waals surface area contributed by atoms with Gasteiger partial charge in [0.05, 0.1) is 11.0 Å². The predicted molar refractivity (Wildman–Crippen MR) is 121 cm³/mol. The Hall–Kier alpha value is -3.35. The second-order valence-corrected chi connectivity index (χ2v) is 8.51. The summed E-state index contributed by atoms with van der Waals surface area (Å²) in [6.07, 6.45) is 4.29. The normalized spacial score (nSPS) is 15.4. The van der Waals surface area contributed by atoms with Crippen molar-refractivity contribution in [3.05, 3.63) is 63.6 Å². The summed E-state index contributed by atoms with van der Waals surface area (Å²) >= 11 is 0. The molecule has 7 nitrogen and oxygen atoms in total. The molecule has 2 aromatic carbocycles. The van der Waals surface area contributed by atoms with E-state index in [9.17, 15) is 9.59 Å². The highest BCUT2D eigenvalue weighted by molar-refractivity contribution is 5.97. The molecule has 0 radical (unpaired) electrons. The topological polar surface area (TPSA) is 73.7 Å². The van der Waals surface area contributed by atoms with Crippen molar-refractivity contribution in [2.75, 3.05) is 6.79 Å². The first-order chi connectivity index (χ1) is 15.5. The van der Waals surface area contributed by atoms with Crippen molar-refractivity contribution in [3.63, 3.8) is 0 Å². The van der Waals surface area contributed by atoms with E-state index in [1.165, 1.54) is 0 Å². The quantitative estimate of drug-likeness (QED) is 0.607. The zero-order chi connectivity index (χ0) is 22.2. The Morgan fingerprint density at radius 3 is 2.69 bits per heavy atom. The minimum atomic E-state index is -0.0885. The second-order valence-electron chi connectivity index (χ2n) is 8.51. The van der Waals surface area contributed by atoms with Crippen LogP contribution in [-0.2, 0) is 13.1 Å². The monoisotopic (exact) mass is 433 g/mol. The average molecular weight is 434 g/mol. The summed E-state index contributed by atoms with van der Waals surface area (Å²) in [4.78, 5) is 32.6. The minimum Gasteiger partial charge on any atom is -0.454 e. The molecule has 0 N–H and O–H groups in total. The van der Waals surface area contributed by atoms with Crippen molar-refractivity contribution >= 4 is 16.9 Å². The number of rotatable bonds is 5. The molecule has 1 amide bonds. The molecule has 1 aliphatic heterocycles. The van der Waals surface area contributed by atoms with E-state index in [4.69, 9.17) is 9.47 Å². The molecule has 5 rings (SSSR count). The van der Waals surface area contributed by atoms with E-state index < -0.39 is 0 Å². The van der Waals surface area contributed by atoms with Crippen LogP contribution in [0.15, 0.2) is 41.2 Å². The van der Waals surface area contributed by atoms with Gasteiger partial charge in [0.1, 0.15) is 5.69 Å². The fourth-order valence-electron chi connectivity index (χ4n) is 4.81. The number of hydrogen-bond acceptors (Lipinski definition) is 5. The van der Waals surface area contributed by atoms with Gasteiger partial charge in [0, 0.05) is 24.7 Å². The third-order valence-corrected chi connectivity index (χ3v) is 6.49. The molecule has 0 bridgehead atoms. The molecular formula is C25H27N3O4. The van der Waals surface area contributed by atoms with Crippen LogP contribution in [0.1, 0.15) is 54.2 Å². The lowest BCUT2D eigenvalue weighted by atomic mass is 10.1. The van der Waals surface area contributed by atoms with Crippen molar-refractivity contribution in [2.24, 2.45) is 0 Å². The summed E-state index contributed by atoms with van der Waals surface area (Å²) in [6, 6.07) is 11.5. The number of carbonyl (C=O) groups is 1. The van der Waals surface area contributed by atoms with Gasteiger partial charge in [-0.2, -0.15) is 0 Å². The molecule has 3 aromatic rings. The molecule has 0 spiro atoms. The lowest BCUT2D eigenvalue weighted by Crippen LogP contribution is -2.38. The number of nitrogens with zero attached hydrogens (tertiary/aromatic N) is 3. The summed E-state index contributed by atoms with van der Waals surface area (Å²) in [6.45, 7) is 4.96. The van der Waals surface area contributed by atoms with Crippen LogP contribution in [0.2, 0.25) is 0 Å². The van der Waals surface area contributed by atoms with Crippen LogP contribution in [0.3, 0.4) is 0 Å². The molecule has 32 heavy (non-hydrogen) atoms. The van der Waals surface area contributed by atoms with Crippen LogP contribution in [0, 0.1) is 6.92 Å². The van der Waals surface area contributed by atoms with E-state index >= 15 is 0 Å². The maximum Gasteiger partial charge on any atom is 0.272 e. The number of aromatic nitrogens is 2. The molecule has 1 saturated carbocycles. The molecular weight excluding hydrogens is 406 g/mol. The third-order valence-electron chi connectivity index (χ3n) is 6.49. The van der Waals surface area contributed by atoms with Gasteiger partial charge in [-0.1, -0.05) is 18.9 Å². The number of benzene rings is 2. The summed E-state index contributed by atoms with van der Waals surface area (Å²) in [5.41, 5.74) is 3.39. The van der Waals surface area contributed by atoms with Gasteiger partial charge < -0.3 is 18.9 Å². The Bertz CT molecular complexity index is 1240. The summed E-state index contributed by atoms with van der Waals surface area (Å²) in [7, 11) is 0. The first-order valence-corrected chi connectivity index (χ1v) is 11.3. The van der Waals surface area contributed by atoms with Crippen LogP contribution < -0.4 is 15.0 Å². The molecule has 1 aliphatic carbocycles. The lowest BCUT2D eigenvalue weighted by molar-refractivity contribution is 0.0664. The van der Waals surface area contributed by atoms with E-state index in [1.807, 2.05) is 48.2 Å². The molecule has 0 atom stereocenters. The Balaban J connectivity index is 1.50. The maximum absolute atomic E-state index is 13.7. The third kappa shape index (κ3) is 3.61. The predicted octanol–water partition coefficient (Wildman–Crippen LogP) is 4.04. The van der Waals surface area contributed by atoms with E-state index in [0.29, 0.717) is 29.9 Å². The molecule has 2 heterocycles. The van der Waals surface area contributed by atoms with E-state index in [0.717, 1.165) is 48.3 Å². The summed E-state index contributed by atoms with van der Waals surface area (Å²) < 4.78 is 12.6. The molecule has 0 saturated heterocycles. The largest absolute Gasteiger partial charge is 0.454 e. The van der Waals surface area contributed by atoms with E-state index in [2.05, 4.69) is 4.98 Å². The lowest BCUT2D eigenvalue weighted by Gasteiger charge is -2.29. The smallest absolute Gasteiger partial charge is 0.272 e. The fraction of sp³-hybridized carbons (Fsp3) is 0.400. The van der Waals surface area contributed by atoms with Crippen LogP contribution in [0.25, 0.3) is 11.0 Å². The summed E-state index contributed by atoms with van der Waals surface area (Å²) in [5.74, 6) is 1.46. The first-order valence-electron chi connectivity index (χ1n) is 11.3. The minimum absolute atomic E-state index is 0.00910. The van der Waals surface area contributed by atoms with Crippen molar-refractivity contribution in [2.45, 2.75) is 58.7 Å². The van der Waals surface area contributed by atoms with Crippen LogP contribution in [0.5, 0.6) is 11.5 Å². The van der Waals surface area contributed by atoms with Gasteiger partial charge in [0.25, 0.3) is 11.5 Å². The maximum atomic E-state index is 13.7. The highest BCUT2D eigenvalue weighted by atomic mass is 16.7. The number of fused-ring (bicyclic) bond motifs is 2. The zero-order valence-electron chi connectivity index (χ0n) is 18.5. The van der Waals surface area contributed by atoms with Gasteiger partial charge in [-0.3, -0.25) is 9.59 Å². The van der Waals surface area contributed by atoms with Gasteiger partial charge in [-0.25, -0.2) is 4.98 Å². The molecule has 166 valence electrons. The Morgan fingerprint density at radius 2 is 1.91 bits per heavy atom. The van der Waals surface area contributed by atoms with Crippen molar-refractivity contribution < 1.29 is 14.3 Å². The van der Waals surface area contributed by atoms with E-state index in [-0.39, 0.29) is 24.3 Å². The molecule has 1 fully saturated rings. The van der Waals surface area contributed by atoms with Gasteiger partial charge in [-0.05, 0) is 62.6 Å². The SMILES string of the molecule is CCn1c(=O)c(C)nc2cc(C(=O)N(Cc3ccc4c(c3)OCO4)C3CCCC3)ccc21. The molecule has 1 aromatic heterocycles. The van der Waals surface area contributed by atoms with Gasteiger partial charge in [0.15, 0.2) is 11.5 Å². The van der Waals surface area contributed by atoms with Crippen LogP contribution in [-0.4, -0.2) is 33.2 Å². The highest BCUT2D eigenvalue weighted by Gasteiger charge is 2.28. The first kappa shape index (κ1) is 20.5. The highest BCUT2D eigenvalue weighted by Crippen LogP contribution is 2.34. The van der Waals surface area contributed by atoms with Crippen LogP contribution in [0.4, 0.5) is 0 Å². The molecule has 0 unspecified atom stereocenters. The fourth-order valence-corrected chi connectivity index (χ4v) is 4.81. The van der Waals surface area contributed by atoms with Crippen molar-refractivity contribution in [1.29, 1.82) is 0 Å². The number of aryl methyl sites for hydroxylation is 2. The Kier molecular flexibility index (Phi) is 5.33. The van der Waals surface area contributed by atoms with E-state index in [1.54, 1.807) is 11.5 Å². The standard InChI is InChI=1S/C25H27N3O4/c1-3-27-21-10-9-18(13-20(21)26-16(2)24(27)29)25(30)28(19-6-4-5-7-19)14-17-8-11-22-23(12-17)32-15-31-22/h8-13,19H,3-7,14-15H2,1-2H3. The van der Waals surface area contributed by atoms with Gasteiger partial charge in [0.2, 0.25) is 6.79 Å². The second kappa shape index (κ2) is 8.30. The van der Waals surface area contributed by atoms with Crippen molar-refractivity contribution in [1.82, 2.24) is 14.5 Å². The number of hydrogen-bond donors (Lipinski definition) is 0. The van der Waals surface area contributed by atoms with Gasteiger partial charge in [-0.15, -0.1) is 0 Å². The van der Waals surface area contributed by atoms with Crippen molar-refractivity contribution in [3.8, 4) is 11.5 Å². The molecule has 2 aliphatic rings. The number of ether oxygens (including phenoxy) is 2. The van der Waals surface area contributed by atoms with Crippen LogP contribution >= 0.6 is 0 Å². The zero-order valence-corrected chi connectivity index (χ0v) is 18.5. The number of carbonyl (C=O) groups excluding carboxylic acids is 1. The number of amides is 1. The van der Waals surface area contributed by atoms with Gasteiger partial charge >= 0.3 is 0 Å². The Morgan fingerprint density at radius 1 is 1.12 bits per heavy atom. The molecule has 7 heteroatoms. The summed E-state index contributed by atoms with van der Waals surface area (Å²) in [5, 5.41) is 0. The Labute approximate surface area is 186 Å². The average Bonchev–Trinajstić information content (AvgIpc) is 3.49.